The molecule has 0 unspecified atom stereocenters. The summed E-state index contributed by atoms with van der Waals surface area (Å²) < 4.78 is 77.7. The minimum absolute atomic E-state index is 0.0605. The molecule has 0 spiro atoms. The van der Waals surface area contributed by atoms with Crippen molar-refractivity contribution >= 4 is 11.9 Å². The van der Waals surface area contributed by atoms with Crippen LogP contribution in [0.25, 0.3) is 0 Å². The number of amides is 1. The molecule has 1 amide bonds. The lowest BCUT2D eigenvalue weighted by molar-refractivity contribution is -0.286. The molecule has 0 bridgehead atoms. The summed E-state index contributed by atoms with van der Waals surface area (Å²) in [6.45, 7) is -3.01. The number of hydrogen-bond acceptors (Lipinski definition) is 7. The average molecular weight is 580 g/mol. The van der Waals surface area contributed by atoms with Crippen molar-refractivity contribution in [1.29, 1.82) is 0 Å². The predicted octanol–water partition coefficient (Wildman–Crippen LogP) is 5.63. The van der Waals surface area contributed by atoms with Crippen molar-refractivity contribution in [2.45, 2.75) is 75.4 Å². The van der Waals surface area contributed by atoms with E-state index in [-0.39, 0.29) is 47.1 Å². The van der Waals surface area contributed by atoms with Crippen LogP contribution in [0.4, 0.5) is 17.6 Å². The molecule has 2 fully saturated rings. The Morgan fingerprint density at radius 3 is 2.39 bits per heavy atom. The summed E-state index contributed by atoms with van der Waals surface area (Å²) >= 11 is 0. The Labute approximate surface area is 233 Å². The molecule has 2 aliphatic heterocycles. The molecular weight excluding hydrogens is 550 g/mol. The van der Waals surface area contributed by atoms with Gasteiger partial charge < -0.3 is 29.0 Å². The van der Waals surface area contributed by atoms with Gasteiger partial charge in [-0.1, -0.05) is 6.07 Å². The number of esters is 1. The second-order valence-corrected chi connectivity index (χ2v) is 11.0. The molecule has 0 radical (unpaired) electrons. The maximum absolute atomic E-state index is 13.7. The minimum atomic E-state index is -3.76. The molecule has 6 rings (SSSR count). The SMILES string of the molecule is COC(=O)C1CCC([C@H]2C[C@@H](NC(=O)C3(c4ccc5c(c4)OC(F)(F)O5)CC3)c3ccc(OC(F)F)cc3O2)CC1. The van der Waals surface area contributed by atoms with Gasteiger partial charge in [-0.3, -0.25) is 9.59 Å². The number of benzene rings is 2. The first-order chi connectivity index (χ1) is 19.6. The maximum Gasteiger partial charge on any atom is 0.586 e. The van der Waals surface area contributed by atoms with Crippen molar-refractivity contribution in [2.24, 2.45) is 11.8 Å². The summed E-state index contributed by atoms with van der Waals surface area (Å²) in [5.41, 5.74) is 0.253. The van der Waals surface area contributed by atoms with Crippen molar-refractivity contribution in [3.63, 3.8) is 0 Å². The van der Waals surface area contributed by atoms with Crippen LogP contribution in [-0.2, 0) is 19.7 Å². The zero-order valence-corrected chi connectivity index (χ0v) is 22.2. The number of carbonyl (C=O) groups excluding carboxylic acids is 2. The van der Waals surface area contributed by atoms with Gasteiger partial charge in [-0.2, -0.15) is 8.78 Å². The number of halogens is 4. The number of ether oxygens (including phenoxy) is 5. The van der Waals surface area contributed by atoms with Gasteiger partial charge in [0.1, 0.15) is 17.6 Å². The third-order valence-electron chi connectivity index (χ3n) is 8.61. The molecule has 2 aliphatic carbocycles. The van der Waals surface area contributed by atoms with Gasteiger partial charge >= 0.3 is 18.9 Å². The van der Waals surface area contributed by atoms with Crippen LogP contribution in [0.5, 0.6) is 23.0 Å². The summed E-state index contributed by atoms with van der Waals surface area (Å²) in [5, 5.41) is 3.12. The summed E-state index contributed by atoms with van der Waals surface area (Å²) in [6, 6.07) is 8.28. The number of hydrogen-bond donors (Lipinski definition) is 1. The Bertz CT molecular complexity index is 1340. The monoisotopic (exact) mass is 579 g/mol. The average Bonchev–Trinajstić information content (AvgIpc) is 3.69. The zero-order chi connectivity index (χ0) is 28.9. The Morgan fingerprint density at radius 2 is 1.71 bits per heavy atom. The van der Waals surface area contributed by atoms with Crippen LogP contribution in [0, 0.1) is 11.8 Å². The Hall–Kier alpha value is -3.70. The molecule has 2 aromatic rings. The molecule has 2 saturated carbocycles. The quantitative estimate of drug-likeness (QED) is 0.336. The molecule has 41 heavy (non-hydrogen) atoms. The third-order valence-corrected chi connectivity index (χ3v) is 8.61. The second kappa shape index (κ2) is 10.3. The summed E-state index contributed by atoms with van der Waals surface area (Å²) in [6.07, 6.45) is 0.0770. The highest BCUT2D eigenvalue weighted by molar-refractivity contribution is 5.92. The molecule has 2 heterocycles. The van der Waals surface area contributed by atoms with Crippen LogP contribution in [-0.4, -0.2) is 38.0 Å². The standard InChI is InChI=1S/C29H29F4NO7/c1-37-25(35)16-4-2-15(3-5-16)22-14-20(19-8-7-18(38-27(30)31)13-23(19)39-22)34-26(36)28(10-11-28)17-6-9-21-24(12-17)41-29(32,33)40-21/h6-9,12-13,15-16,20,22,27H,2-5,10-11,14H2,1H3,(H,34,36)/t15?,16?,20-,22-/m1/s1. The zero-order valence-electron chi connectivity index (χ0n) is 22.2. The first-order valence-corrected chi connectivity index (χ1v) is 13.6. The first-order valence-electron chi connectivity index (χ1n) is 13.6. The van der Waals surface area contributed by atoms with E-state index in [1.54, 1.807) is 12.1 Å². The number of carbonyl (C=O) groups is 2. The predicted molar refractivity (Wildman–Crippen MR) is 134 cm³/mol. The lowest BCUT2D eigenvalue weighted by Gasteiger charge is -2.39. The van der Waals surface area contributed by atoms with E-state index in [0.717, 1.165) is 0 Å². The summed E-state index contributed by atoms with van der Waals surface area (Å²) in [4.78, 5) is 25.7. The van der Waals surface area contributed by atoms with Crippen LogP contribution >= 0.6 is 0 Å². The highest BCUT2D eigenvalue weighted by atomic mass is 19.3. The highest BCUT2D eigenvalue weighted by Gasteiger charge is 2.53. The van der Waals surface area contributed by atoms with E-state index in [0.29, 0.717) is 61.8 Å². The lowest BCUT2D eigenvalue weighted by Crippen LogP contribution is -2.43. The van der Waals surface area contributed by atoms with Gasteiger partial charge in [0.05, 0.1) is 24.5 Å². The Balaban J connectivity index is 1.23. The summed E-state index contributed by atoms with van der Waals surface area (Å²) in [5.74, 6) is -0.554. The molecule has 1 N–H and O–H groups in total. The van der Waals surface area contributed by atoms with Gasteiger partial charge in [-0.15, -0.1) is 8.78 Å². The fraction of sp³-hybridized carbons (Fsp3) is 0.517. The molecule has 0 saturated heterocycles. The van der Waals surface area contributed by atoms with Crippen LogP contribution in [0.15, 0.2) is 36.4 Å². The number of fused-ring (bicyclic) bond motifs is 2. The highest BCUT2D eigenvalue weighted by Crippen LogP contribution is 2.53. The molecule has 2 aromatic carbocycles. The van der Waals surface area contributed by atoms with Crippen molar-refractivity contribution in [2.75, 3.05) is 7.11 Å². The van der Waals surface area contributed by atoms with Gasteiger partial charge in [0.25, 0.3) is 0 Å². The number of nitrogens with one attached hydrogen (secondary N) is 1. The first kappa shape index (κ1) is 27.5. The largest absolute Gasteiger partial charge is 0.586 e. The molecular formula is C29H29F4NO7. The van der Waals surface area contributed by atoms with E-state index in [1.165, 1.54) is 31.4 Å². The fourth-order valence-corrected chi connectivity index (χ4v) is 6.28. The smallest absolute Gasteiger partial charge is 0.490 e. The van der Waals surface area contributed by atoms with Crippen LogP contribution in [0.1, 0.15) is 62.1 Å². The molecule has 2 atom stereocenters. The Kier molecular flexibility index (Phi) is 6.89. The number of methoxy groups -OCH3 is 1. The lowest BCUT2D eigenvalue weighted by atomic mass is 9.76. The van der Waals surface area contributed by atoms with Gasteiger partial charge in [-0.25, -0.2) is 0 Å². The normalized spacial score (nSPS) is 26.9. The minimum Gasteiger partial charge on any atom is -0.490 e. The van der Waals surface area contributed by atoms with Gasteiger partial charge in [-0.05, 0) is 74.3 Å². The van der Waals surface area contributed by atoms with Crippen molar-refractivity contribution in [3.8, 4) is 23.0 Å². The van der Waals surface area contributed by atoms with Crippen molar-refractivity contribution < 1.29 is 50.8 Å². The number of rotatable bonds is 7. The van der Waals surface area contributed by atoms with Crippen molar-refractivity contribution in [1.82, 2.24) is 5.32 Å². The van der Waals surface area contributed by atoms with Gasteiger partial charge in [0.2, 0.25) is 5.91 Å². The maximum atomic E-state index is 13.7. The van der Waals surface area contributed by atoms with E-state index >= 15 is 0 Å². The van der Waals surface area contributed by atoms with E-state index in [4.69, 9.17) is 9.47 Å². The van der Waals surface area contributed by atoms with Crippen LogP contribution in [0.3, 0.4) is 0 Å². The molecule has 220 valence electrons. The van der Waals surface area contributed by atoms with Crippen LogP contribution < -0.4 is 24.3 Å². The fourth-order valence-electron chi connectivity index (χ4n) is 6.28. The topological polar surface area (TPSA) is 92.3 Å². The van der Waals surface area contributed by atoms with E-state index in [2.05, 4.69) is 19.5 Å². The summed E-state index contributed by atoms with van der Waals surface area (Å²) in [7, 11) is 1.37. The third kappa shape index (κ3) is 5.36. The van der Waals surface area contributed by atoms with Gasteiger partial charge in [0.15, 0.2) is 11.5 Å². The Morgan fingerprint density at radius 1 is 0.976 bits per heavy atom. The van der Waals surface area contributed by atoms with E-state index < -0.39 is 24.4 Å². The van der Waals surface area contributed by atoms with Crippen LogP contribution in [0.2, 0.25) is 0 Å². The molecule has 4 aliphatic rings. The van der Waals surface area contributed by atoms with Gasteiger partial charge in [0, 0.05) is 18.1 Å². The molecule has 12 heteroatoms. The van der Waals surface area contributed by atoms with E-state index in [9.17, 15) is 27.2 Å². The second-order valence-electron chi connectivity index (χ2n) is 11.0. The van der Waals surface area contributed by atoms with Crippen molar-refractivity contribution in [3.05, 3.63) is 47.5 Å². The molecule has 0 aromatic heterocycles. The molecule has 8 nitrogen and oxygen atoms in total. The van der Waals surface area contributed by atoms with E-state index in [1.807, 2.05) is 0 Å². The number of alkyl halides is 4.